The highest BCUT2D eigenvalue weighted by atomic mass is 16.5. The van der Waals surface area contributed by atoms with Crippen LogP contribution in [0.4, 0.5) is 0 Å². The van der Waals surface area contributed by atoms with Crippen LogP contribution in [0.2, 0.25) is 0 Å². The van der Waals surface area contributed by atoms with Crippen LogP contribution in [0.3, 0.4) is 0 Å². The van der Waals surface area contributed by atoms with E-state index in [1.165, 1.54) is 0 Å². The predicted octanol–water partition coefficient (Wildman–Crippen LogP) is 1.12. The molecule has 0 aliphatic heterocycles. The molecule has 0 spiro atoms. The lowest BCUT2D eigenvalue weighted by Gasteiger charge is -1.93. The van der Waals surface area contributed by atoms with Crippen molar-refractivity contribution in [2.45, 2.75) is 13.0 Å². The number of hydrogen-bond donors (Lipinski definition) is 1. The lowest BCUT2D eigenvalue weighted by molar-refractivity contribution is 0.375. The van der Waals surface area contributed by atoms with Gasteiger partial charge in [-0.3, -0.25) is 0 Å². The summed E-state index contributed by atoms with van der Waals surface area (Å²) in [6, 6.07) is 10.0. The molecule has 2 aromatic rings. The van der Waals surface area contributed by atoms with Gasteiger partial charge < -0.3 is 10.3 Å². The standard InChI is InChI=1S/C10H11N3O/c11-7-10-12-9(13-14-10)6-8-4-2-1-3-5-8/h1-5H,6-7,11H2. The van der Waals surface area contributed by atoms with Crippen molar-refractivity contribution in [3.63, 3.8) is 0 Å². The van der Waals surface area contributed by atoms with Gasteiger partial charge in [-0.05, 0) is 5.56 Å². The first-order chi connectivity index (χ1) is 6.88. The molecule has 1 aromatic heterocycles. The van der Waals surface area contributed by atoms with Crippen LogP contribution in [-0.4, -0.2) is 10.1 Å². The Bertz CT molecular complexity index is 397. The summed E-state index contributed by atoms with van der Waals surface area (Å²) in [5.74, 6) is 1.16. The molecule has 0 aliphatic rings. The van der Waals surface area contributed by atoms with Crippen molar-refractivity contribution in [2.75, 3.05) is 0 Å². The van der Waals surface area contributed by atoms with Gasteiger partial charge in [-0.2, -0.15) is 4.98 Å². The van der Waals surface area contributed by atoms with Crippen LogP contribution in [-0.2, 0) is 13.0 Å². The third-order valence-electron chi connectivity index (χ3n) is 1.89. The van der Waals surface area contributed by atoms with Crippen molar-refractivity contribution in [3.05, 3.63) is 47.6 Å². The highest BCUT2D eigenvalue weighted by molar-refractivity contribution is 5.18. The minimum absolute atomic E-state index is 0.293. The molecular formula is C10H11N3O. The number of aromatic nitrogens is 2. The van der Waals surface area contributed by atoms with Gasteiger partial charge in [-0.25, -0.2) is 0 Å². The number of benzene rings is 1. The predicted molar refractivity (Wildman–Crippen MR) is 51.4 cm³/mol. The number of nitrogens with two attached hydrogens (primary N) is 1. The summed E-state index contributed by atoms with van der Waals surface area (Å²) >= 11 is 0. The molecule has 1 aromatic carbocycles. The second-order valence-electron chi connectivity index (χ2n) is 2.97. The van der Waals surface area contributed by atoms with Gasteiger partial charge in [0, 0.05) is 6.42 Å². The van der Waals surface area contributed by atoms with Crippen molar-refractivity contribution < 1.29 is 4.52 Å². The van der Waals surface area contributed by atoms with Gasteiger partial charge >= 0.3 is 0 Å². The molecule has 0 saturated carbocycles. The van der Waals surface area contributed by atoms with E-state index in [0.29, 0.717) is 24.7 Å². The summed E-state index contributed by atoms with van der Waals surface area (Å²) in [4.78, 5) is 4.12. The SMILES string of the molecule is NCc1nc(Cc2ccccc2)no1. The maximum Gasteiger partial charge on any atom is 0.240 e. The fourth-order valence-electron chi connectivity index (χ4n) is 1.22. The van der Waals surface area contributed by atoms with E-state index in [-0.39, 0.29) is 0 Å². The molecule has 0 atom stereocenters. The van der Waals surface area contributed by atoms with E-state index in [9.17, 15) is 0 Å². The first-order valence-electron chi connectivity index (χ1n) is 4.44. The van der Waals surface area contributed by atoms with Crippen molar-refractivity contribution in [1.29, 1.82) is 0 Å². The van der Waals surface area contributed by atoms with Crippen molar-refractivity contribution in [3.8, 4) is 0 Å². The van der Waals surface area contributed by atoms with Crippen LogP contribution >= 0.6 is 0 Å². The van der Waals surface area contributed by atoms with E-state index in [4.69, 9.17) is 10.3 Å². The topological polar surface area (TPSA) is 64.9 Å². The van der Waals surface area contributed by atoms with Gasteiger partial charge in [-0.15, -0.1) is 0 Å². The third kappa shape index (κ3) is 1.97. The zero-order valence-corrected chi connectivity index (χ0v) is 7.68. The molecule has 72 valence electrons. The summed E-state index contributed by atoms with van der Waals surface area (Å²) in [5.41, 5.74) is 6.52. The number of hydrogen-bond acceptors (Lipinski definition) is 4. The lowest BCUT2D eigenvalue weighted by Crippen LogP contribution is -1.96. The molecule has 4 heteroatoms. The largest absolute Gasteiger partial charge is 0.338 e. The summed E-state index contributed by atoms with van der Waals surface area (Å²) in [6.07, 6.45) is 0.685. The highest BCUT2D eigenvalue weighted by Crippen LogP contribution is 2.05. The smallest absolute Gasteiger partial charge is 0.240 e. The second-order valence-corrected chi connectivity index (χ2v) is 2.97. The van der Waals surface area contributed by atoms with Gasteiger partial charge in [0.25, 0.3) is 0 Å². The van der Waals surface area contributed by atoms with Crippen LogP contribution in [0.25, 0.3) is 0 Å². The Labute approximate surface area is 81.7 Å². The average Bonchev–Trinajstić information content (AvgIpc) is 2.67. The number of rotatable bonds is 3. The molecule has 0 amide bonds. The highest BCUT2D eigenvalue weighted by Gasteiger charge is 2.04. The van der Waals surface area contributed by atoms with Gasteiger partial charge in [0.2, 0.25) is 5.89 Å². The normalized spacial score (nSPS) is 10.4. The molecule has 0 bridgehead atoms. The molecule has 0 radical (unpaired) electrons. The van der Waals surface area contributed by atoms with Crippen molar-refractivity contribution in [1.82, 2.24) is 10.1 Å². The quantitative estimate of drug-likeness (QED) is 0.785. The average molecular weight is 189 g/mol. The monoisotopic (exact) mass is 189 g/mol. The first kappa shape index (κ1) is 8.90. The Morgan fingerprint density at radius 2 is 2.00 bits per heavy atom. The van der Waals surface area contributed by atoms with Crippen LogP contribution in [0.5, 0.6) is 0 Å². The maximum atomic E-state index is 5.36. The Morgan fingerprint density at radius 1 is 1.21 bits per heavy atom. The van der Waals surface area contributed by atoms with Crippen LogP contribution < -0.4 is 5.73 Å². The molecular weight excluding hydrogens is 178 g/mol. The van der Waals surface area contributed by atoms with Gasteiger partial charge in [-0.1, -0.05) is 35.5 Å². The fraction of sp³-hybridized carbons (Fsp3) is 0.200. The molecule has 0 unspecified atom stereocenters. The molecule has 2 rings (SSSR count). The minimum atomic E-state index is 0.293. The summed E-state index contributed by atoms with van der Waals surface area (Å²) in [7, 11) is 0. The minimum Gasteiger partial charge on any atom is -0.338 e. The van der Waals surface area contributed by atoms with E-state index in [0.717, 1.165) is 5.56 Å². The van der Waals surface area contributed by atoms with Gasteiger partial charge in [0.05, 0.1) is 6.54 Å². The fourth-order valence-corrected chi connectivity index (χ4v) is 1.22. The Kier molecular flexibility index (Phi) is 2.55. The van der Waals surface area contributed by atoms with E-state index < -0.39 is 0 Å². The molecule has 0 saturated heterocycles. The lowest BCUT2D eigenvalue weighted by atomic mass is 10.1. The van der Waals surface area contributed by atoms with E-state index in [1.807, 2.05) is 30.3 Å². The zero-order valence-electron chi connectivity index (χ0n) is 7.68. The second kappa shape index (κ2) is 4.02. The van der Waals surface area contributed by atoms with E-state index in [1.54, 1.807) is 0 Å². The third-order valence-corrected chi connectivity index (χ3v) is 1.89. The molecule has 0 aliphatic carbocycles. The molecule has 2 N–H and O–H groups in total. The summed E-state index contributed by atoms with van der Waals surface area (Å²) in [5, 5.41) is 3.82. The molecule has 0 fully saturated rings. The summed E-state index contributed by atoms with van der Waals surface area (Å²) < 4.78 is 4.90. The summed E-state index contributed by atoms with van der Waals surface area (Å²) in [6.45, 7) is 0.293. The van der Waals surface area contributed by atoms with Gasteiger partial charge in [0.15, 0.2) is 5.82 Å². The van der Waals surface area contributed by atoms with Crippen molar-refractivity contribution in [2.24, 2.45) is 5.73 Å². The Morgan fingerprint density at radius 3 is 2.64 bits per heavy atom. The van der Waals surface area contributed by atoms with E-state index >= 15 is 0 Å². The van der Waals surface area contributed by atoms with Crippen LogP contribution in [0.15, 0.2) is 34.9 Å². The van der Waals surface area contributed by atoms with Crippen molar-refractivity contribution >= 4 is 0 Å². The van der Waals surface area contributed by atoms with Crippen LogP contribution in [0, 0.1) is 0 Å². The van der Waals surface area contributed by atoms with E-state index in [2.05, 4.69) is 10.1 Å². The van der Waals surface area contributed by atoms with Gasteiger partial charge in [0.1, 0.15) is 0 Å². The van der Waals surface area contributed by atoms with Crippen LogP contribution in [0.1, 0.15) is 17.3 Å². The maximum absolute atomic E-state index is 5.36. The molecule has 1 heterocycles. The Balaban J connectivity index is 2.11. The molecule has 4 nitrogen and oxygen atoms in total. The Hall–Kier alpha value is -1.68. The first-order valence-corrected chi connectivity index (χ1v) is 4.44. The molecule has 14 heavy (non-hydrogen) atoms. The number of nitrogens with zero attached hydrogens (tertiary/aromatic N) is 2. The zero-order chi connectivity index (χ0) is 9.80.